The van der Waals surface area contributed by atoms with Crippen molar-refractivity contribution in [2.24, 2.45) is 0 Å². The maximum Gasteiger partial charge on any atom is 0.154 e. The van der Waals surface area contributed by atoms with Gasteiger partial charge in [-0.1, -0.05) is 125 Å². The van der Waals surface area contributed by atoms with Crippen LogP contribution in [-0.4, -0.2) is 17.9 Å². The molecule has 7 aromatic carbocycles. The van der Waals surface area contributed by atoms with Crippen LogP contribution >= 0.6 is 0 Å². The van der Waals surface area contributed by atoms with E-state index < -0.39 is 8.80 Å². The molecule has 9 rings (SSSR count). The van der Waals surface area contributed by atoms with Crippen LogP contribution in [0, 0.1) is 0 Å². The molecule has 2 heterocycles. The van der Waals surface area contributed by atoms with E-state index in [4.69, 9.17) is 0 Å². The standard InChI is InChI=1S/C42H29N2Si/c1-4-12-33(13-5-1)43-25-24-30-26-31-27-39-38-18-10-11-19-40(38)44(42(39)29-32(31)28-41(30)43)34-20-22-37(23-21-34)45(35-14-6-2-7-15-35)36-16-8-3-9-17-36/h1-29H. The number of rotatable bonds is 5. The van der Waals surface area contributed by atoms with Gasteiger partial charge in [0.25, 0.3) is 0 Å². The molecule has 45 heavy (non-hydrogen) atoms. The summed E-state index contributed by atoms with van der Waals surface area (Å²) < 4.78 is 4.72. The Morgan fingerprint density at radius 3 is 1.64 bits per heavy atom. The molecule has 1 radical (unpaired) electrons. The van der Waals surface area contributed by atoms with E-state index in [1.807, 2.05) is 0 Å². The molecule has 0 fully saturated rings. The molecule has 0 amide bonds. The van der Waals surface area contributed by atoms with E-state index in [-0.39, 0.29) is 0 Å². The summed E-state index contributed by atoms with van der Waals surface area (Å²) in [7, 11) is -1.13. The van der Waals surface area contributed by atoms with Gasteiger partial charge < -0.3 is 9.13 Å². The molecule has 0 bridgehead atoms. The zero-order valence-electron chi connectivity index (χ0n) is 24.6. The monoisotopic (exact) mass is 589 g/mol. The van der Waals surface area contributed by atoms with Crippen LogP contribution in [0.5, 0.6) is 0 Å². The molecule has 2 aromatic heterocycles. The van der Waals surface area contributed by atoms with Crippen LogP contribution in [-0.2, 0) is 0 Å². The first-order valence-electron chi connectivity index (χ1n) is 15.4. The lowest BCUT2D eigenvalue weighted by Crippen LogP contribution is -2.51. The molecule has 9 aromatic rings. The predicted octanol–water partition coefficient (Wildman–Crippen LogP) is 8.40. The van der Waals surface area contributed by atoms with E-state index in [1.54, 1.807) is 0 Å². The summed E-state index contributed by atoms with van der Waals surface area (Å²) in [5, 5.41) is 10.5. The van der Waals surface area contributed by atoms with Crippen LogP contribution in [0.25, 0.3) is 54.9 Å². The lowest BCUT2D eigenvalue weighted by Gasteiger charge is -2.17. The van der Waals surface area contributed by atoms with E-state index in [0.29, 0.717) is 0 Å². The largest absolute Gasteiger partial charge is 0.317 e. The first kappa shape index (κ1) is 25.8. The number of aromatic nitrogens is 2. The minimum Gasteiger partial charge on any atom is -0.317 e. The first-order valence-corrected chi connectivity index (χ1v) is 16.9. The summed E-state index contributed by atoms with van der Waals surface area (Å²) in [6, 6.07) is 62.3. The third kappa shape index (κ3) is 4.32. The second kappa shape index (κ2) is 10.5. The molecule has 0 aliphatic rings. The van der Waals surface area contributed by atoms with Crippen molar-refractivity contribution >= 4 is 67.8 Å². The maximum absolute atomic E-state index is 2.44. The highest BCUT2D eigenvalue weighted by Gasteiger charge is 2.20. The third-order valence-corrected chi connectivity index (χ3v) is 11.7. The van der Waals surface area contributed by atoms with Crippen molar-refractivity contribution in [2.75, 3.05) is 0 Å². The summed E-state index contributed by atoms with van der Waals surface area (Å²) >= 11 is 0. The van der Waals surface area contributed by atoms with Gasteiger partial charge in [0.15, 0.2) is 8.80 Å². The van der Waals surface area contributed by atoms with Gasteiger partial charge in [-0.25, -0.2) is 0 Å². The van der Waals surface area contributed by atoms with Crippen LogP contribution in [0.2, 0.25) is 0 Å². The highest BCUT2D eigenvalue weighted by atomic mass is 28.3. The summed E-state index contributed by atoms with van der Waals surface area (Å²) in [5.74, 6) is 0. The Kier molecular flexibility index (Phi) is 6.03. The Morgan fingerprint density at radius 1 is 0.356 bits per heavy atom. The molecule has 0 spiro atoms. The molecule has 0 saturated carbocycles. The van der Waals surface area contributed by atoms with Crippen molar-refractivity contribution < 1.29 is 0 Å². The summed E-state index contributed by atoms with van der Waals surface area (Å²) in [4.78, 5) is 0. The lowest BCUT2D eigenvalue weighted by molar-refractivity contribution is 1.13. The van der Waals surface area contributed by atoms with E-state index in [9.17, 15) is 0 Å². The average molecular weight is 590 g/mol. The van der Waals surface area contributed by atoms with Gasteiger partial charge >= 0.3 is 0 Å². The summed E-state index contributed by atoms with van der Waals surface area (Å²) in [6.45, 7) is 0. The second-order valence-electron chi connectivity index (χ2n) is 11.7. The van der Waals surface area contributed by atoms with E-state index in [1.165, 1.54) is 70.4 Å². The highest BCUT2D eigenvalue weighted by molar-refractivity contribution is 6.95. The van der Waals surface area contributed by atoms with E-state index in [2.05, 4.69) is 185 Å². The fourth-order valence-corrected chi connectivity index (χ4v) is 9.48. The molecule has 0 atom stereocenters. The SMILES string of the molecule is c1ccc(-n2ccc3cc4cc5c6ccccc6n(-c6ccc([Si](c7ccccc7)c7ccccc7)cc6)c5cc4cc32)cc1. The Balaban J connectivity index is 1.22. The normalized spacial score (nSPS) is 11.8. The Labute approximate surface area is 263 Å². The fraction of sp³-hybridized carbons (Fsp3) is 0. The Morgan fingerprint density at radius 2 is 0.933 bits per heavy atom. The molecule has 0 saturated heterocycles. The molecule has 2 nitrogen and oxygen atoms in total. The van der Waals surface area contributed by atoms with Crippen molar-refractivity contribution in [1.82, 2.24) is 9.13 Å². The van der Waals surface area contributed by atoms with E-state index >= 15 is 0 Å². The van der Waals surface area contributed by atoms with Gasteiger partial charge in [0.2, 0.25) is 0 Å². The highest BCUT2D eigenvalue weighted by Crippen LogP contribution is 2.36. The van der Waals surface area contributed by atoms with Gasteiger partial charge in [-0.05, 0) is 71.4 Å². The number of fused-ring (bicyclic) bond motifs is 5. The van der Waals surface area contributed by atoms with Gasteiger partial charge in [-0.3, -0.25) is 0 Å². The maximum atomic E-state index is 2.44. The fourth-order valence-electron chi connectivity index (χ4n) is 6.93. The molecule has 3 heteroatoms. The van der Waals surface area contributed by atoms with Crippen LogP contribution in [0.15, 0.2) is 176 Å². The number of benzene rings is 7. The predicted molar refractivity (Wildman–Crippen MR) is 193 cm³/mol. The first-order chi connectivity index (χ1) is 22.3. The summed E-state index contributed by atoms with van der Waals surface area (Å²) in [6.07, 6.45) is 2.18. The van der Waals surface area contributed by atoms with Crippen molar-refractivity contribution in [3.05, 3.63) is 176 Å². The van der Waals surface area contributed by atoms with Gasteiger partial charge in [0.1, 0.15) is 0 Å². The Hall–Kier alpha value is -5.64. The molecule has 0 aliphatic carbocycles. The van der Waals surface area contributed by atoms with Crippen LogP contribution in [0.1, 0.15) is 0 Å². The van der Waals surface area contributed by atoms with Crippen LogP contribution < -0.4 is 15.6 Å². The average Bonchev–Trinajstić information content (AvgIpc) is 3.66. The number of hydrogen-bond acceptors (Lipinski definition) is 0. The number of nitrogens with zero attached hydrogens (tertiary/aromatic N) is 2. The van der Waals surface area contributed by atoms with Crippen LogP contribution in [0.4, 0.5) is 0 Å². The Bertz CT molecular complexity index is 2420. The van der Waals surface area contributed by atoms with Crippen LogP contribution in [0.3, 0.4) is 0 Å². The van der Waals surface area contributed by atoms with Gasteiger partial charge in [-0.2, -0.15) is 0 Å². The second-order valence-corrected chi connectivity index (χ2v) is 14.1. The van der Waals surface area contributed by atoms with E-state index in [0.717, 1.165) is 0 Å². The molecular formula is C42H29N2Si. The number of hydrogen-bond donors (Lipinski definition) is 0. The topological polar surface area (TPSA) is 9.86 Å². The van der Waals surface area contributed by atoms with Gasteiger partial charge in [0, 0.05) is 33.7 Å². The zero-order valence-corrected chi connectivity index (χ0v) is 25.6. The van der Waals surface area contributed by atoms with Gasteiger partial charge in [-0.15, -0.1) is 0 Å². The number of para-hydroxylation sites is 2. The minimum absolute atomic E-state index is 1.13. The molecule has 0 N–H and O–H groups in total. The van der Waals surface area contributed by atoms with Crippen molar-refractivity contribution in [1.29, 1.82) is 0 Å². The lowest BCUT2D eigenvalue weighted by atomic mass is 10.0. The molecular weight excluding hydrogens is 561 g/mol. The quantitative estimate of drug-likeness (QED) is 0.141. The summed E-state index contributed by atoms with van der Waals surface area (Å²) in [5.41, 5.74) is 6.03. The van der Waals surface area contributed by atoms with Crippen molar-refractivity contribution in [3.8, 4) is 11.4 Å². The van der Waals surface area contributed by atoms with Gasteiger partial charge in [0.05, 0.1) is 16.6 Å². The van der Waals surface area contributed by atoms with Crippen molar-refractivity contribution in [3.63, 3.8) is 0 Å². The third-order valence-electron chi connectivity index (χ3n) is 9.01. The molecule has 0 unspecified atom stereocenters. The molecule has 0 aliphatic heterocycles. The molecule has 211 valence electrons. The van der Waals surface area contributed by atoms with Crippen molar-refractivity contribution in [2.45, 2.75) is 0 Å². The zero-order chi connectivity index (χ0) is 29.7. The smallest absolute Gasteiger partial charge is 0.154 e. The minimum atomic E-state index is -1.13.